The Bertz CT molecular complexity index is 740. The van der Waals surface area contributed by atoms with Gasteiger partial charge in [0.2, 0.25) is 0 Å². The summed E-state index contributed by atoms with van der Waals surface area (Å²) in [7, 11) is 1.90. The van der Waals surface area contributed by atoms with E-state index in [9.17, 15) is 9.90 Å². The number of phenols is 1. The quantitative estimate of drug-likeness (QED) is 0.709. The van der Waals surface area contributed by atoms with Gasteiger partial charge in [0, 0.05) is 17.8 Å². The van der Waals surface area contributed by atoms with Gasteiger partial charge in [-0.15, -0.1) is 0 Å². The van der Waals surface area contributed by atoms with Gasteiger partial charge in [0.05, 0.1) is 5.69 Å². The van der Waals surface area contributed by atoms with Crippen LogP contribution < -0.4 is 16.6 Å². The molecule has 0 aliphatic heterocycles. The molecule has 2 aromatic rings. The normalized spacial score (nSPS) is 12.3. The predicted molar refractivity (Wildman–Crippen MR) is 92.6 cm³/mol. The molecule has 6 heteroatoms. The summed E-state index contributed by atoms with van der Waals surface area (Å²) >= 11 is 0. The molecule has 0 aliphatic carbocycles. The molecule has 0 amide bonds. The first-order valence-electron chi connectivity index (χ1n) is 7.77. The van der Waals surface area contributed by atoms with Crippen LogP contribution in [0, 0.1) is 6.92 Å². The molecule has 0 spiro atoms. The van der Waals surface area contributed by atoms with Crippen LogP contribution in [-0.4, -0.2) is 28.3 Å². The molecular formula is C17H24N4O2. The predicted octanol–water partition coefficient (Wildman–Crippen LogP) is 2.07. The lowest BCUT2D eigenvalue weighted by molar-refractivity contribution is 0.468. The fourth-order valence-electron chi connectivity index (χ4n) is 2.56. The molecule has 124 valence electrons. The maximum absolute atomic E-state index is 12.3. The number of phenolic OH excluding ortho intramolecular Hbond substituents is 1. The van der Waals surface area contributed by atoms with Gasteiger partial charge in [-0.1, -0.05) is 6.07 Å². The van der Waals surface area contributed by atoms with E-state index in [0.29, 0.717) is 11.3 Å². The Morgan fingerprint density at radius 1 is 1.43 bits per heavy atom. The first kappa shape index (κ1) is 17.0. The molecular weight excluding hydrogens is 292 g/mol. The monoisotopic (exact) mass is 316 g/mol. The molecule has 0 saturated heterocycles. The number of aryl methyl sites for hydroxylation is 1. The highest BCUT2D eigenvalue weighted by atomic mass is 16.3. The number of hydrogen-bond acceptors (Lipinski definition) is 5. The Morgan fingerprint density at radius 3 is 2.83 bits per heavy atom. The fraction of sp³-hybridized carbons (Fsp3) is 0.412. The SMILES string of the molecule is CNCCCC(C)n1cc(-c2ccc(C)cc2O)nc(N)c1=O. The lowest BCUT2D eigenvalue weighted by Gasteiger charge is -2.17. The molecule has 1 atom stereocenters. The number of aromatic nitrogens is 2. The standard InChI is InChI=1S/C17H24N4O2/c1-11-6-7-13(15(22)9-11)14-10-21(17(23)16(18)20-14)12(2)5-4-8-19-3/h6-7,9-10,12,19,22H,4-5,8H2,1-3H3,(H2,18,20). The number of aromatic hydroxyl groups is 1. The summed E-state index contributed by atoms with van der Waals surface area (Å²) in [5.74, 6) is 0.0767. The zero-order chi connectivity index (χ0) is 17.0. The average molecular weight is 316 g/mol. The third-order valence-electron chi connectivity index (χ3n) is 3.91. The van der Waals surface area contributed by atoms with Crippen molar-refractivity contribution in [1.29, 1.82) is 0 Å². The van der Waals surface area contributed by atoms with Crippen molar-refractivity contribution in [3.05, 3.63) is 40.3 Å². The van der Waals surface area contributed by atoms with Crippen molar-refractivity contribution in [3.8, 4) is 17.0 Å². The van der Waals surface area contributed by atoms with E-state index < -0.39 is 0 Å². The highest BCUT2D eigenvalue weighted by Gasteiger charge is 2.14. The number of nitrogens with two attached hydrogens (primary N) is 1. The van der Waals surface area contributed by atoms with E-state index in [1.165, 1.54) is 0 Å². The van der Waals surface area contributed by atoms with Crippen LogP contribution in [0.25, 0.3) is 11.3 Å². The van der Waals surface area contributed by atoms with Gasteiger partial charge in [-0.2, -0.15) is 0 Å². The lowest BCUT2D eigenvalue weighted by atomic mass is 10.1. The number of anilines is 1. The first-order valence-corrected chi connectivity index (χ1v) is 7.77. The molecule has 0 saturated carbocycles. The van der Waals surface area contributed by atoms with Crippen molar-refractivity contribution in [3.63, 3.8) is 0 Å². The van der Waals surface area contributed by atoms with E-state index in [1.54, 1.807) is 22.9 Å². The minimum absolute atomic E-state index is 0.00694. The summed E-state index contributed by atoms with van der Waals surface area (Å²) in [6.07, 6.45) is 3.48. The summed E-state index contributed by atoms with van der Waals surface area (Å²) in [5, 5.41) is 13.2. The fourth-order valence-corrected chi connectivity index (χ4v) is 2.56. The van der Waals surface area contributed by atoms with Gasteiger partial charge in [0.25, 0.3) is 5.56 Å². The van der Waals surface area contributed by atoms with Crippen LogP contribution in [0.4, 0.5) is 5.82 Å². The van der Waals surface area contributed by atoms with Gasteiger partial charge in [-0.25, -0.2) is 4.98 Å². The van der Waals surface area contributed by atoms with Crippen molar-refractivity contribution in [2.45, 2.75) is 32.7 Å². The molecule has 0 aliphatic rings. The Hall–Kier alpha value is -2.34. The van der Waals surface area contributed by atoms with Gasteiger partial charge < -0.3 is 20.7 Å². The molecule has 0 radical (unpaired) electrons. The zero-order valence-corrected chi connectivity index (χ0v) is 13.8. The van der Waals surface area contributed by atoms with Crippen LogP contribution in [0.2, 0.25) is 0 Å². The molecule has 6 nitrogen and oxygen atoms in total. The van der Waals surface area contributed by atoms with Crippen molar-refractivity contribution in [2.75, 3.05) is 19.3 Å². The van der Waals surface area contributed by atoms with Crippen LogP contribution in [0.5, 0.6) is 5.75 Å². The summed E-state index contributed by atoms with van der Waals surface area (Å²) < 4.78 is 1.60. The number of hydrogen-bond donors (Lipinski definition) is 3. The molecule has 0 bridgehead atoms. The van der Waals surface area contributed by atoms with Gasteiger partial charge >= 0.3 is 0 Å². The third-order valence-corrected chi connectivity index (χ3v) is 3.91. The van der Waals surface area contributed by atoms with Crippen LogP contribution in [-0.2, 0) is 0 Å². The Kier molecular flexibility index (Phi) is 5.39. The maximum Gasteiger partial charge on any atom is 0.293 e. The molecule has 2 rings (SSSR count). The third kappa shape index (κ3) is 3.90. The number of nitrogen functional groups attached to an aromatic ring is 1. The second-order valence-corrected chi connectivity index (χ2v) is 5.84. The molecule has 1 unspecified atom stereocenters. The number of nitrogens with zero attached hydrogens (tertiary/aromatic N) is 2. The van der Waals surface area contributed by atoms with Crippen LogP contribution in [0.15, 0.2) is 29.2 Å². The topological polar surface area (TPSA) is 93.2 Å². The largest absolute Gasteiger partial charge is 0.507 e. The maximum atomic E-state index is 12.3. The van der Waals surface area contributed by atoms with Gasteiger partial charge in [-0.05, 0) is 58.0 Å². The van der Waals surface area contributed by atoms with E-state index in [-0.39, 0.29) is 23.2 Å². The van der Waals surface area contributed by atoms with Crippen LogP contribution >= 0.6 is 0 Å². The number of benzene rings is 1. The summed E-state index contributed by atoms with van der Waals surface area (Å²) in [6.45, 7) is 4.77. The number of rotatable bonds is 6. The minimum Gasteiger partial charge on any atom is -0.507 e. The Morgan fingerprint density at radius 2 is 2.17 bits per heavy atom. The summed E-state index contributed by atoms with van der Waals surface area (Å²) in [5.41, 5.74) is 7.52. The van der Waals surface area contributed by atoms with Gasteiger partial charge in [-0.3, -0.25) is 4.79 Å². The second-order valence-electron chi connectivity index (χ2n) is 5.84. The van der Waals surface area contributed by atoms with E-state index in [0.717, 1.165) is 24.9 Å². The second kappa shape index (κ2) is 7.28. The van der Waals surface area contributed by atoms with Gasteiger partial charge in [0.15, 0.2) is 5.82 Å². The molecule has 0 fully saturated rings. The molecule has 1 aromatic heterocycles. The van der Waals surface area contributed by atoms with E-state index in [2.05, 4.69) is 10.3 Å². The first-order chi connectivity index (χ1) is 10.9. The molecule has 1 aromatic carbocycles. The van der Waals surface area contributed by atoms with Crippen molar-refractivity contribution in [1.82, 2.24) is 14.9 Å². The van der Waals surface area contributed by atoms with Crippen molar-refractivity contribution >= 4 is 5.82 Å². The molecule has 23 heavy (non-hydrogen) atoms. The highest BCUT2D eigenvalue weighted by molar-refractivity contribution is 5.67. The summed E-state index contributed by atoms with van der Waals surface area (Å²) in [4.78, 5) is 16.4. The number of nitrogens with one attached hydrogen (secondary N) is 1. The van der Waals surface area contributed by atoms with E-state index in [1.807, 2.05) is 27.0 Å². The molecule has 1 heterocycles. The van der Waals surface area contributed by atoms with Gasteiger partial charge in [0.1, 0.15) is 5.75 Å². The van der Waals surface area contributed by atoms with Crippen molar-refractivity contribution in [2.24, 2.45) is 0 Å². The Labute approximate surface area is 136 Å². The van der Waals surface area contributed by atoms with Crippen molar-refractivity contribution < 1.29 is 5.11 Å². The van der Waals surface area contributed by atoms with Crippen LogP contribution in [0.3, 0.4) is 0 Å². The minimum atomic E-state index is -0.294. The summed E-state index contributed by atoms with van der Waals surface area (Å²) in [6, 6.07) is 5.34. The zero-order valence-electron chi connectivity index (χ0n) is 13.8. The van der Waals surface area contributed by atoms with E-state index in [4.69, 9.17) is 5.73 Å². The highest BCUT2D eigenvalue weighted by Crippen LogP contribution is 2.29. The lowest BCUT2D eigenvalue weighted by Crippen LogP contribution is -2.27. The van der Waals surface area contributed by atoms with E-state index >= 15 is 0 Å². The average Bonchev–Trinajstić information content (AvgIpc) is 2.50. The smallest absolute Gasteiger partial charge is 0.293 e. The molecule has 4 N–H and O–H groups in total. The Balaban J connectivity index is 2.41. The van der Waals surface area contributed by atoms with Crippen LogP contribution in [0.1, 0.15) is 31.4 Å².